The molecule has 0 unspecified atom stereocenters. The fraction of sp³-hybridized carbons (Fsp3) is 0.200. The number of pyridine rings is 1. The Morgan fingerprint density at radius 1 is 1.25 bits per heavy atom. The van der Waals surface area contributed by atoms with Crippen LogP contribution in [0, 0.1) is 0 Å². The molecule has 1 fully saturated rings. The maximum Gasteiger partial charge on any atom is 0.295 e. The SMILES string of the molecule is COc1ccc(C(O)=C2C(=O)C(=O)N(CCC(=O)[O-])[C@H]2c2cccnc2)cc1. The number of aromatic nitrogens is 1. The highest BCUT2D eigenvalue weighted by atomic mass is 16.5. The third-order valence-corrected chi connectivity index (χ3v) is 4.46. The number of ether oxygens (including phenoxy) is 1. The third-order valence-electron chi connectivity index (χ3n) is 4.46. The number of hydrogen-bond donors (Lipinski definition) is 1. The number of carbonyl (C=O) groups excluding carboxylic acids is 3. The van der Waals surface area contributed by atoms with Crippen LogP contribution in [-0.2, 0) is 14.4 Å². The lowest BCUT2D eigenvalue weighted by Gasteiger charge is -2.25. The molecule has 0 aliphatic carbocycles. The maximum atomic E-state index is 12.7. The van der Waals surface area contributed by atoms with Gasteiger partial charge in [-0.1, -0.05) is 6.07 Å². The molecule has 2 aromatic rings. The third kappa shape index (κ3) is 3.57. The van der Waals surface area contributed by atoms with Gasteiger partial charge in [-0.05, 0) is 35.9 Å². The van der Waals surface area contributed by atoms with E-state index in [1.807, 2.05) is 0 Å². The molecular weight excluding hydrogens is 364 g/mol. The summed E-state index contributed by atoms with van der Waals surface area (Å²) in [6, 6.07) is 8.67. The van der Waals surface area contributed by atoms with Crippen molar-refractivity contribution in [3.63, 3.8) is 0 Å². The zero-order chi connectivity index (χ0) is 20.3. The van der Waals surface area contributed by atoms with Gasteiger partial charge < -0.3 is 24.6 Å². The molecule has 0 saturated carbocycles. The Balaban J connectivity index is 2.11. The minimum absolute atomic E-state index is 0.124. The van der Waals surface area contributed by atoms with Crippen molar-refractivity contribution in [3.05, 3.63) is 65.5 Å². The van der Waals surface area contributed by atoms with Crippen molar-refractivity contribution in [2.75, 3.05) is 13.7 Å². The number of nitrogens with zero attached hydrogens (tertiary/aromatic N) is 2. The number of ketones is 1. The van der Waals surface area contributed by atoms with E-state index in [-0.39, 0.29) is 17.9 Å². The van der Waals surface area contributed by atoms with Crippen LogP contribution in [0.5, 0.6) is 5.75 Å². The Morgan fingerprint density at radius 3 is 2.54 bits per heavy atom. The molecule has 8 heteroatoms. The molecule has 8 nitrogen and oxygen atoms in total. The van der Waals surface area contributed by atoms with Gasteiger partial charge in [0.1, 0.15) is 11.5 Å². The van der Waals surface area contributed by atoms with E-state index < -0.39 is 30.1 Å². The zero-order valence-corrected chi connectivity index (χ0v) is 15.0. The molecule has 1 atom stereocenters. The van der Waals surface area contributed by atoms with E-state index in [4.69, 9.17) is 4.74 Å². The second-order valence-electron chi connectivity index (χ2n) is 6.13. The van der Waals surface area contributed by atoms with E-state index in [0.29, 0.717) is 16.9 Å². The van der Waals surface area contributed by atoms with E-state index in [1.165, 1.54) is 19.5 Å². The second kappa shape index (κ2) is 7.91. The number of carboxylic acid groups (broad SMARTS) is 1. The van der Waals surface area contributed by atoms with Crippen LogP contribution in [0.4, 0.5) is 0 Å². The Labute approximate surface area is 160 Å². The van der Waals surface area contributed by atoms with Crippen LogP contribution in [0.25, 0.3) is 5.76 Å². The van der Waals surface area contributed by atoms with Crippen molar-refractivity contribution in [3.8, 4) is 5.75 Å². The van der Waals surface area contributed by atoms with Crippen LogP contribution < -0.4 is 9.84 Å². The van der Waals surface area contributed by atoms with Crippen molar-refractivity contribution >= 4 is 23.4 Å². The van der Waals surface area contributed by atoms with Crippen molar-refractivity contribution < 1.29 is 29.3 Å². The number of hydrogen-bond acceptors (Lipinski definition) is 7. The minimum atomic E-state index is -1.35. The molecule has 1 N–H and O–H groups in total. The first-order valence-corrected chi connectivity index (χ1v) is 8.46. The number of likely N-dealkylation sites (tertiary alicyclic amines) is 1. The summed E-state index contributed by atoms with van der Waals surface area (Å²) in [7, 11) is 1.50. The highest BCUT2D eigenvalue weighted by Gasteiger charge is 2.45. The quantitative estimate of drug-likeness (QED) is 0.443. The lowest BCUT2D eigenvalue weighted by atomic mass is 9.96. The molecule has 144 valence electrons. The van der Waals surface area contributed by atoms with Crippen LogP contribution >= 0.6 is 0 Å². The van der Waals surface area contributed by atoms with Crippen molar-refractivity contribution in [2.24, 2.45) is 0 Å². The lowest BCUT2D eigenvalue weighted by Crippen LogP contribution is -2.34. The summed E-state index contributed by atoms with van der Waals surface area (Å²) >= 11 is 0. The van der Waals surface area contributed by atoms with Gasteiger partial charge in [0.05, 0.1) is 18.7 Å². The maximum absolute atomic E-state index is 12.7. The highest BCUT2D eigenvalue weighted by Crippen LogP contribution is 2.39. The Morgan fingerprint density at radius 2 is 1.96 bits per heavy atom. The molecule has 28 heavy (non-hydrogen) atoms. The molecule has 3 rings (SSSR count). The predicted octanol–water partition coefficient (Wildman–Crippen LogP) is 0.652. The fourth-order valence-electron chi connectivity index (χ4n) is 3.11. The standard InChI is InChI=1S/C20H18N2O6/c1-28-14-6-4-12(5-7-14)18(25)16-17(13-3-2-9-21-11-13)22(10-8-15(23)24)20(27)19(16)26/h2-7,9,11,17,25H,8,10H2,1H3,(H,23,24)/p-1/t17-/m0/s1. The number of aliphatic hydroxyl groups excluding tert-OH is 1. The number of amides is 1. The van der Waals surface area contributed by atoms with E-state index >= 15 is 0 Å². The van der Waals surface area contributed by atoms with E-state index in [9.17, 15) is 24.6 Å². The molecule has 0 spiro atoms. The summed E-state index contributed by atoms with van der Waals surface area (Å²) in [5, 5.41) is 21.7. The van der Waals surface area contributed by atoms with Gasteiger partial charge in [0.2, 0.25) is 0 Å². The molecule has 1 saturated heterocycles. The van der Waals surface area contributed by atoms with Gasteiger partial charge in [0, 0.05) is 36.9 Å². The van der Waals surface area contributed by atoms with Crippen molar-refractivity contribution in [1.29, 1.82) is 0 Å². The zero-order valence-electron chi connectivity index (χ0n) is 15.0. The van der Waals surface area contributed by atoms with Crippen LogP contribution in [0.1, 0.15) is 23.6 Å². The van der Waals surface area contributed by atoms with E-state index in [2.05, 4.69) is 4.98 Å². The average molecular weight is 381 g/mol. The number of aliphatic carboxylic acids is 1. The number of carbonyl (C=O) groups is 3. The van der Waals surface area contributed by atoms with Crippen LogP contribution in [0.3, 0.4) is 0 Å². The fourth-order valence-corrected chi connectivity index (χ4v) is 3.11. The van der Waals surface area contributed by atoms with Crippen LogP contribution in [-0.4, -0.2) is 46.3 Å². The summed E-state index contributed by atoms with van der Waals surface area (Å²) in [6.45, 7) is -0.230. The molecule has 1 amide bonds. The van der Waals surface area contributed by atoms with Crippen molar-refractivity contribution in [1.82, 2.24) is 9.88 Å². The van der Waals surface area contributed by atoms with Gasteiger partial charge >= 0.3 is 0 Å². The van der Waals surface area contributed by atoms with E-state index in [0.717, 1.165) is 4.90 Å². The number of aliphatic hydroxyl groups is 1. The average Bonchev–Trinajstić information content (AvgIpc) is 2.97. The van der Waals surface area contributed by atoms with Crippen molar-refractivity contribution in [2.45, 2.75) is 12.5 Å². The topological polar surface area (TPSA) is 120 Å². The largest absolute Gasteiger partial charge is 0.550 e. The highest BCUT2D eigenvalue weighted by molar-refractivity contribution is 6.46. The molecule has 2 heterocycles. The first-order valence-electron chi connectivity index (χ1n) is 8.46. The predicted molar refractivity (Wildman–Crippen MR) is 95.9 cm³/mol. The molecule has 1 aromatic carbocycles. The van der Waals surface area contributed by atoms with Crippen LogP contribution in [0.15, 0.2) is 54.4 Å². The molecule has 0 radical (unpaired) electrons. The van der Waals surface area contributed by atoms with Gasteiger partial charge in [0.25, 0.3) is 11.7 Å². The number of methoxy groups -OCH3 is 1. The van der Waals surface area contributed by atoms with E-state index in [1.54, 1.807) is 36.4 Å². The van der Waals surface area contributed by atoms with Gasteiger partial charge in [0.15, 0.2) is 0 Å². The summed E-state index contributed by atoms with van der Waals surface area (Å²) in [6.07, 6.45) is 2.55. The van der Waals surface area contributed by atoms with Gasteiger partial charge in [-0.2, -0.15) is 0 Å². The molecule has 1 aliphatic heterocycles. The number of Topliss-reactive ketones (excluding diaryl/α,β-unsaturated/α-hetero) is 1. The monoisotopic (exact) mass is 381 g/mol. The Hall–Kier alpha value is -3.68. The minimum Gasteiger partial charge on any atom is -0.550 e. The summed E-state index contributed by atoms with van der Waals surface area (Å²) in [4.78, 5) is 41.2. The summed E-state index contributed by atoms with van der Waals surface area (Å²) in [5.74, 6) is -2.91. The van der Waals surface area contributed by atoms with Crippen LogP contribution in [0.2, 0.25) is 0 Å². The Bertz CT molecular complexity index is 937. The number of benzene rings is 1. The lowest BCUT2D eigenvalue weighted by molar-refractivity contribution is -0.305. The Kier molecular flexibility index (Phi) is 5.39. The first kappa shape index (κ1) is 19.1. The van der Waals surface area contributed by atoms with Gasteiger partial charge in [-0.3, -0.25) is 14.6 Å². The van der Waals surface area contributed by atoms with Gasteiger partial charge in [-0.25, -0.2) is 0 Å². The summed E-state index contributed by atoms with van der Waals surface area (Å²) in [5.41, 5.74) is 0.684. The molecule has 1 aliphatic rings. The molecule has 1 aromatic heterocycles. The second-order valence-corrected chi connectivity index (χ2v) is 6.13. The van der Waals surface area contributed by atoms with Gasteiger partial charge in [-0.15, -0.1) is 0 Å². The summed E-state index contributed by atoms with van der Waals surface area (Å²) < 4.78 is 5.08. The normalized spacial score (nSPS) is 18.3. The number of rotatable bonds is 6. The molecular formula is C20H17N2O6-. The first-order chi connectivity index (χ1) is 13.4. The molecule has 0 bridgehead atoms. The number of carboxylic acids is 1. The smallest absolute Gasteiger partial charge is 0.295 e.